The number of aromatic nitrogens is 1. The zero-order valence-electron chi connectivity index (χ0n) is 18.0. The van der Waals surface area contributed by atoms with Crippen LogP contribution in [0.25, 0.3) is 43.7 Å². The van der Waals surface area contributed by atoms with Crippen molar-refractivity contribution in [1.29, 1.82) is 0 Å². The second kappa shape index (κ2) is 5.54. The van der Waals surface area contributed by atoms with Crippen molar-refractivity contribution in [3.8, 4) is 0 Å². The summed E-state index contributed by atoms with van der Waals surface area (Å²) in [7, 11) is 2.20. The van der Waals surface area contributed by atoms with Gasteiger partial charge < -0.3 is 8.98 Å². The Balaban J connectivity index is 1.46. The fraction of sp³-hybridized carbons (Fsp3) is 0.379. The summed E-state index contributed by atoms with van der Waals surface area (Å²) >= 11 is 0. The molecule has 3 aromatic carbocycles. The molecule has 0 radical (unpaired) electrons. The topological polar surface area (TPSA) is 18.1 Å². The van der Waals surface area contributed by atoms with E-state index in [1.165, 1.54) is 76.7 Å². The molecule has 4 aliphatic carbocycles. The van der Waals surface area contributed by atoms with Crippen molar-refractivity contribution in [2.75, 3.05) is 0 Å². The van der Waals surface area contributed by atoms with Crippen molar-refractivity contribution >= 4 is 43.7 Å². The van der Waals surface area contributed by atoms with E-state index in [1.54, 1.807) is 0 Å². The molecule has 2 heterocycles. The maximum atomic E-state index is 6.72. The molecule has 4 bridgehead atoms. The second-order valence-electron chi connectivity index (χ2n) is 10.9. The fourth-order valence-electron chi connectivity index (χ4n) is 8.41. The monoisotopic (exact) mass is 405 g/mol. The summed E-state index contributed by atoms with van der Waals surface area (Å²) < 4.78 is 9.08. The summed E-state index contributed by atoms with van der Waals surface area (Å²) in [6.07, 6.45) is 8.56. The first kappa shape index (κ1) is 16.9. The maximum Gasteiger partial charge on any atom is 0.139 e. The summed E-state index contributed by atoms with van der Waals surface area (Å²) in [5.74, 6) is 2.82. The predicted molar refractivity (Wildman–Crippen MR) is 128 cm³/mol. The van der Waals surface area contributed by atoms with Gasteiger partial charge in [0.1, 0.15) is 11.2 Å². The molecule has 2 nitrogen and oxygen atoms in total. The number of furan rings is 1. The lowest BCUT2D eigenvalue weighted by Gasteiger charge is -2.57. The van der Waals surface area contributed by atoms with Crippen LogP contribution in [0.1, 0.15) is 44.1 Å². The molecule has 9 rings (SSSR count). The molecule has 31 heavy (non-hydrogen) atoms. The molecule has 0 amide bonds. The van der Waals surface area contributed by atoms with Crippen LogP contribution in [-0.4, -0.2) is 4.57 Å². The lowest BCUT2D eigenvalue weighted by atomic mass is 9.48. The number of para-hydroxylation sites is 2. The van der Waals surface area contributed by atoms with Gasteiger partial charge in [0, 0.05) is 34.3 Å². The van der Waals surface area contributed by atoms with Gasteiger partial charge in [-0.3, -0.25) is 0 Å². The highest BCUT2D eigenvalue weighted by Crippen LogP contribution is 2.61. The van der Waals surface area contributed by atoms with Crippen LogP contribution in [0, 0.1) is 17.8 Å². The summed E-state index contributed by atoms with van der Waals surface area (Å²) in [6, 6.07) is 20.2. The molecule has 2 aromatic heterocycles. The highest BCUT2D eigenvalue weighted by atomic mass is 16.3. The van der Waals surface area contributed by atoms with Crippen LogP contribution in [0.3, 0.4) is 0 Å². The van der Waals surface area contributed by atoms with Gasteiger partial charge in [-0.2, -0.15) is 0 Å². The van der Waals surface area contributed by atoms with Crippen LogP contribution in [0.5, 0.6) is 0 Å². The van der Waals surface area contributed by atoms with Crippen molar-refractivity contribution in [2.24, 2.45) is 24.8 Å². The standard InChI is InChI=1S/C29H27NO/c1-30-24-8-3-2-5-20(24)21-9-10-25-26(27(21)30)22-6-4-7-23(28(22)31-25)29-14-17-11-18(15-29)13-19(12-17)16-29/h2-10,17-19H,11-16H2,1H3. The van der Waals surface area contributed by atoms with E-state index < -0.39 is 0 Å². The van der Waals surface area contributed by atoms with Gasteiger partial charge in [0.2, 0.25) is 0 Å². The molecule has 5 aromatic rings. The van der Waals surface area contributed by atoms with Crippen molar-refractivity contribution < 1.29 is 4.42 Å². The fourth-order valence-corrected chi connectivity index (χ4v) is 8.41. The smallest absolute Gasteiger partial charge is 0.139 e. The third kappa shape index (κ3) is 2.04. The first-order valence-electron chi connectivity index (χ1n) is 12.0. The molecule has 0 saturated heterocycles. The van der Waals surface area contributed by atoms with E-state index in [9.17, 15) is 0 Å². The minimum absolute atomic E-state index is 0.347. The Kier molecular flexibility index (Phi) is 3.02. The minimum Gasteiger partial charge on any atom is -0.456 e. The number of nitrogens with zero attached hydrogens (tertiary/aromatic N) is 1. The van der Waals surface area contributed by atoms with E-state index in [4.69, 9.17) is 4.42 Å². The van der Waals surface area contributed by atoms with Crippen LogP contribution in [0.4, 0.5) is 0 Å². The summed E-state index contributed by atoms with van der Waals surface area (Å²) in [4.78, 5) is 0. The van der Waals surface area contributed by atoms with Crippen LogP contribution >= 0.6 is 0 Å². The number of hydrogen-bond acceptors (Lipinski definition) is 1. The molecular weight excluding hydrogens is 378 g/mol. The Morgan fingerprint density at radius 1 is 0.774 bits per heavy atom. The summed E-state index contributed by atoms with van der Waals surface area (Å²) in [5.41, 5.74) is 6.65. The third-order valence-electron chi connectivity index (χ3n) is 9.14. The van der Waals surface area contributed by atoms with E-state index in [1.807, 2.05) is 0 Å². The molecule has 0 spiro atoms. The number of hydrogen-bond donors (Lipinski definition) is 0. The van der Waals surface area contributed by atoms with Crippen molar-refractivity contribution in [3.63, 3.8) is 0 Å². The van der Waals surface area contributed by atoms with Crippen LogP contribution in [0.2, 0.25) is 0 Å². The lowest BCUT2D eigenvalue weighted by Crippen LogP contribution is -2.48. The van der Waals surface area contributed by atoms with Crippen LogP contribution in [0.15, 0.2) is 59.0 Å². The van der Waals surface area contributed by atoms with Gasteiger partial charge in [-0.25, -0.2) is 0 Å². The van der Waals surface area contributed by atoms with Crippen molar-refractivity contribution in [3.05, 3.63) is 60.2 Å². The minimum atomic E-state index is 0.347. The quantitative estimate of drug-likeness (QED) is 0.279. The Morgan fingerprint density at radius 2 is 1.48 bits per heavy atom. The van der Waals surface area contributed by atoms with E-state index in [0.717, 1.165) is 28.9 Å². The van der Waals surface area contributed by atoms with Gasteiger partial charge in [0.15, 0.2) is 0 Å². The van der Waals surface area contributed by atoms with Gasteiger partial charge in [-0.05, 0) is 79.9 Å². The van der Waals surface area contributed by atoms with Crippen molar-refractivity contribution in [2.45, 2.75) is 43.9 Å². The summed E-state index contributed by atoms with van der Waals surface area (Å²) in [5, 5.41) is 5.25. The van der Waals surface area contributed by atoms with E-state index in [-0.39, 0.29) is 0 Å². The molecule has 0 aliphatic heterocycles. The number of aryl methyl sites for hydroxylation is 1. The molecule has 4 aliphatic rings. The summed E-state index contributed by atoms with van der Waals surface area (Å²) in [6.45, 7) is 0. The zero-order chi connectivity index (χ0) is 20.3. The predicted octanol–water partition coefficient (Wildman–Crippen LogP) is 7.70. The van der Waals surface area contributed by atoms with E-state index in [2.05, 4.69) is 66.2 Å². The molecule has 0 atom stereocenters. The maximum absolute atomic E-state index is 6.72. The van der Waals surface area contributed by atoms with Gasteiger partial charge in [-0.15, -0.1) is 0 Å². The van der Waals surface area contributed by atoms with Gasteiger partial charge >= 0.3 is 0 Å². The van der Waals surface area contributed by atoms with E-state index >= 15 is 0 Å². The zero-order valence-corrected chi connectivity index (χ0v) is 18.0. The molecular formula is C29H27NO. The number of benzene rings is 3. The molecule has 4 saturated carbocycles. The highest BCUT2D eigenvalue weighted by molar-refractivity contribution is 6.24. The number of fused-ring (bicyclic) bond motifs is 7. The average molecular weight is 406 g/mol. The van der Waals surface area contributed by atoms with Gasteiger partial charge in [-0.1, -0.05) is 36.4 Å². The van der Waals surface area contributed by atoms with E-state index in [0.29, 0.717) is 5.41 Å². The first-order chi connectivity index (χ1) is 15.2. The molecule has 0 N–H and O–H groups in total. The SMILES string of the molecule is Cn1c2ccccc2c2ccc3oc4c(C56CC7CC(CC(C7)C5)C6)cccc4c3c21. The molecule has 4 fully saturated rings. The first-order valence-corrected chi connectivity index (χ1v) is 12.0. The van der Waals surface area contributed by atoms with Crippen molar-refractivity contribution in [1.82, 2.24) is 4.57 Å². The average Bonchev–Trinajstić information content (AvgIpc) is 3.28. The molecule has 0 unspecified atom stereocenters. The van der Waals surface area contributed by atoms with Gasteiger partial charge in [0.25, 0.3) is 0 Å². The Hall–Kier alpha value is -2.74. The molecule has 2 heteroatoms. The Bertz CT molecular complexity index is 1500. The second-order valence-corrected chi connectivity index (χ2v) is 10.9. The van der Waals surface area contributed by atoms with Crippen LogP contribution in [-0.2, 0) is 12.5 Å². The Morgan fingerprint density at radius 3 is 2.26 bits per heavy atom. The Labute approximate surface area is 181 Å². The largest absolute Gasteiger partial charge is 0.456 e. The highest BCUT2D eigenvalue weighted by Gasteiger charge is 2.52. The third-order valence-corrected chi connectivity index (χ3v) is 9.14. The van der Waals surface area contributed by atoms with Gasteiger partial charge in [0.05, 0.1) is 10.9 Å². The normalized spacial score (nSPS) is 29.8. The lowest BCUT2D eigenvalue weighted by molar-refractivity contribution is -0.00485. The number of rotatable bonds is 1. The van der Waals surface area contributed by atoms with Crippen LogP contribution < -0.4 is 0 Å². The molecule has 154 valence electrons.